The molecule has 1 N–H and O–H groups in total. The summed E-state index contributed by atoms with van der Waals surface area (Å²) >= 11 is 0. The Kier molecular flexibility index (Phi) is 6.45. The third kappa shape index (κ3) is 3.87. The summed E-state index contributed by atoms with van der Waals surface area (Å²) in [7, 11) is 1.60. The van der Waals surface area contributed by atoms with Gasteiger partial charge in [-0.05, 0) is 25.2 Å². The number of aliphatic carboxylic acids is 1. The van der Waals surface area contributed by atoms with E-state index >= 15 is 0 Å². The number of hydrogen-bond donors (Lipinski definition) is 1. The molecule has 0 saturated carbocycles. The summed E-state index contributed by atoms with van der Waals surface area (Å²) in [5, 5.41) is 9.59. The normalized spacial score (nSPS) is 21.9. The van der Waals surface area contributed by atoms with Gasteiger partial charge < -0.3 is 19.6 Å². The summed E-state index contributed by atoms with van der Waals surface area (Å²) in [4.78, 5) is 27.8. The van der Waals surface area contributed by atoms with E-state index in [9.17, 15) is 14.7 Å². The van der Waals surface area contributed by atoms with Gasteiger partial charge in [0.15, 0.2) is 0 Å². The van der Waals surface area contributed by atoms with E-state index in [2.05, 4.69) is 0 Å². The molecule has 1 aliphatic heterocycles. The zero-order valence-electron chi connectivity index (χ0n) is 13.6. The first-order valence-electron chi connectivity index (χ1n) is 7.68. The second kappa shape index (κ2) is 7.64. The Hall–Kier alpha value is -1.30. The standard InChI is InChI=1S/C15H28N2O4/c1-5-15(13(18)19)7-6-8-17(15)14(20)16(9-10-21-4)11-12(2)3/h12H,5-11H2,1-4H3,(H,18,19). The van der Waals surface area contributed by atoms with Crippen molar-refractivity contribution in [2.24, 2.45) is 5.92 Å². The number of amides is 2. The van der Waals surface area contributed by atoms with Crippen LogP contribution in [-0.2, 0) is 9.53 Å². The molecule has 0 aromatic carbocycles. The number of carbonyl (C=O) groups excluding carboxylic acids is 1. The van der Waals surface area contributed by atoms with Gasteiger partial charge in [0.25, 0.3) is 0 Å². The molecule has 6 heteroatoms. The Morgan fingerprint density at radius 3 is 2.57 bits per heavy atom. The van der Waals surface area contributed by atoms with Gasteiger partial charge in [-0.3, -0.25) is 0 Å². The van der Waals surface area contributed by atoms with Crippen LogP contribution in [0.15, 0.2) is 0 Å². The van der Waals surface area contributed by atoms with Gasteiger partial charge in [0.2, 0.25) is 0 Å². The van der Waals surface area contributed by atoms with Gasteiger partial charge in [0, 0.05) is 26.7 Å². The van der Waals surface area contributed by atoms with Crippen molar-refractivity contribution in [3.63, 3.8) is 0 Å². The van der Waals surface area contributed by atoms with E-state index in [1.54, 1.807) is 16.9 Å². The van der Waals surface area contributed by atoms with E-state index in [0.29, 0.717) is 45.0 Å². The zero-order valence-corrected chi connectivity index (χ0v) is 13.6. The molecule has 0 spiro atoms. The fourth-order valence-corrected chi connectivity index (χ4v) is 2.98. The lowest BCUT2D eigenvalue weighted by Gasteiger charge is -2.38. The van der Waals surface area contributed by atoms with Crippen molar-refractivity contribution in [2.75, 3.05) is 33.4 Å². The number of carboxylic acid groups (broad SMARTS) is 1. The Bertz CT molecular complexity index is 373. The summed E-state index contributed by atoms with van der Waals surface area (Å²) < 4.78 is 5.06. The molecule has 1 saturated heterocycles. The molecule has 1 fully saturated rings. The highest BCUT2D eigenvalue weighted by Gasteiger charge is 2.49. The predicted octanol–water partition coefficient (Wildman–Crippen LogP) is 2.04. The molecule has 0 aliphatic carbocycles. The Morgan fingerprint density at radius 1 is 1.43 bits per heavy atom. The fourth-order valence-electron chi connectivity index (χ4n) is 2.98. The maximum absolute atomic E-state index is 12.8. The molecule has 1 heterocycles. The SMILES string of the molecule is CCC1(C(=O)O)CCCN1C(=O)N(CCOC)CC(C)C. The van der Waals surface area contributed by atoms with Crippen molar-refractivity contribution in [1.29, 1.82) is 0 Å². The monoisotopic (exact) mass is 300 g/mol. The van der Waals surface area contributed by atoms with Gasteiger partial charge in [-0.15, -0.1) is 0 Å². The van der Waals surface area contributed by atoms with Crippen molar-refractivity contribution < 1.29 is 19.4 Å². The summed E-state index contributed by atoms with van der Waals surface area (Å²) in [5.41, 5.74) is -1.04. The van der Waals surface area contributed by atoms with Crippen molar-refractivity contribution >= 4 is 12.0 Å². The lowest BCUT2D eigenvalue weighted by molar-refractivity contribution is -0.148. The predicted molar refractivity (Wildman–Crippen MR) is 80.3 cm³/mol. The highest BCUT2D eigenvalue weighted by Crippen LogP contribution is 2.33. The third-order valence-electron chi connectivity index (χ3n) is 4.12. The van der Waals surface area contributed by atoms with Crippen molar-refractivity contribution in [1.82, 2.24) is 9.80 Å². The molecule has 0 aromatic heterocycles. The summed E-state index contributed by atoms with van der Waals surface area (Å²) in [6.45, 7) is 7.99. The fraction of sp³-hybridized carbons (Fsp3) is 0.867. The van der Waals surface area contributed by atoms with Crippen LogP contribution in [0.25, 0.3) is 0 Å². The van der Waals surface area contributed by atoms with Crippen LogP contribution in [0.2, 0.25) is 0 Å². The first-order chi connectivity index (χ1) is 9.89. The molecular formula is C15H28N2O4. The summed E-state index contributed by atoms with van der Waals surface area (Å²) in [6.07, 6.45) is 1.71. The third-order valence-corrected chi connectivity index (χ3v) is 4.12. The molecule has 21 heavy (non-hydrogen) atoms. The van der Waals surface area contributed by atoms with Crippen LogP contribution in [0.4, 0.5) is 4.79 Å². The number of carbonyl (C=O) groups is 2. The second-order valence-corrected chi connectivity index (χ2v) is 6.06. The highest BCUT2D eigenvalue weighted by atomic mass is 16.5. The summed E-state index contributed by atoms with van der Waals surface area (Å²) in [6, 6.07) is -0.178. The van der Waals surface area contributed by atoms with E-state index in [0.717, 1.165) is 6.42 Å². The van der Waals surface area contributed by atoms with E-state index in [-0.39, 0.29) is 6.03 Å². The van der Waals surface area contributed by atoms with Gasteiger partial charge in [-0.25, -0.2) is 9.59 Å². The van der Waals surface area contributed by atoms with E-state index in [1.165, 1.54) is 0 Å². The molecule has 1 aliphatic rings. The molecule has 2 amide bonds. The van der Waals surface area contributed by atoms with Crippen molar-refractivity contribution in [3.8, 4) is 0 Å². The summed E-state index contributed by atoms with van der Waals surface area (Å²) in [5.74, 6) is -0.568. The van der Waals surface area contributed by atoms with Gasteiger partial charge >= 0.3 is 12.0 Å². The molecular weight excluding hydrogens is 272 g/mol. The number of rotatable bonds is 7. The molecule has 0 bridgehead atoms. The van der Waals surface area contributed by atoms with Gasteiger partial charge in [-0.1, -0.05) is 20.8 Å². The average molecular weight is 300 g/mol. The molecule has 1 unspecified atom stereocenters. The number of carboxylic acids is 1. The van der Waals surface area contributed by atoms with Gasteiger partial charge in [0.05, 0.1) is 6.61 Å². The molecule has 0 aromatic rings. The van der Waals surface area contributed by atoms with Crippen LogP contribution in [0.5, 0.6) is 0 Å². The number of methoxy groups -OCH3 is 1. The molecule has 1 atom stereocenters. The number of ether oxygens (including phenoxy) is 1. The van der Waals surface area contributed by atoms with Crippen molar-refractivity contribution in [2.45, 2.75) is 45.6 Å². The van der Waals surface area contributed by atoms with E-state index in [1.807, 2.05) is 20.8 Å². The van der Waals surface area contributed by atoms with Crippen LogP contribution < -0.4 is 0 Å². The molecule has 0 radical (unpaired) electrons. The lowest BCUT2D eigenvalue weighted by atomic mass is 9.93. The van der Waals surface area contributed by atoms with Crippen LogP contribution >= 0.6 is 0 Å². The number of likely N-dealkylation sites (tertiary alicyclic amines) is 1. The minimum atomic E-state index is -1.04. The Balaban J connectivity index is 2.92. The first-order valence-corrected chi connectivity index (χ1v) is 7.68. The smallest absolute Gasteiger partial charge is 0.329 e. The zero-order chi connectivity index (χ0) is 16.0. The maximum Gasteiger partial charge on any atom is 0.329 e. The van der Waals surface area contributed by atoms with Gasteiger partial charge in [-0.2, -0.15) is 0 Å². The average Bonchev–Trinajstić information content (AvgIpc) is 2.87. The number of nitrogens with zero attached hydrogens (tertiary/aromatic N) is 2. The topological polar surface area (TPSA) is 70.1 Å². The largest absolute Gasteiger partial charge is 0.479 e. The van der Waals surface area contributed by atoms with Crippen LogP contribution in [0.3, 0.4) is 0 Å². The van der Waals surface area contributed by atoms with Crippen LogP contribution in [0, 0.1) is 5.92 Å². The van der Waals surface area contributed by atoms with E-state index in [4.69, 9.17) is 4.74 Å². The molecule has 6 nitrogen and oxygen atoms in total. The van der Waals surface area contributed by atoms with Crippen LogP contribution in [-0.4, -0.2) is 65.8 Å². The maximum atomic E-state index is 12.8. The Labute approximate surface area is 127 Å². The quantitative estimate of drug-likeness (QED) is 0.781. The highest BCUT2D eigenvalue weighted by molar-refractivity contribution is 5.87. The minimum Gasteiger partial charge on any atom is -0.479 e. The number of urea groups is 1. The first kappa shape index (κ1) is 17.8. The van der Waals surface area contributed by atoms with Crippen LogP contribution in [0.1, 0.15) is 40.0 Å². The van der Waals surface area contributed by atoms with Crippen molar-refractivity contribution in [3.05, 3.63) is 0 Å². The number of hydrogen-bond acceptors (Lipinski definition) is 3. The molecule has 1 rings (SSSR count). The molecule has 122 valence electrons. The second-order valence-electron chi connectivity index (χ2n) is 6.06. The lowest BCUT2D eigenvalue weighted by Crippen LogP contribution is -2.57. The Morgan fingerprint density at radius 2 is 2.10 bits per heavy atom. The minimum absolute atomic E-state index is 0.178. The van der Waals surface area contributed by atoms with E-state index < -0.39 is 11.5 Å². The van der Waals surface area contributed by atoms with Gasteiger partial charge in [0.1, 0.15) is 5.54 Å².